The van der Waals surface area contributed by atoms with Crippen molar-refractivity contribution in [1.82, 2.24) is 0 Å². The number of ketones is 1. The topological polar surface area (TPSA) is 95.7 Å². The van der Waals surface area contributed by atoms with Crippen molar-refractivity contribution in [2.24, 2.45) is 0 Å². The second-order valence-electron chi connectivity index (χ2n) is 6.12. The number of Topliss-reactive ketones (excluding diaryl/α,β-unsaturated/α-hetero) is 1. The van der Waals surface area contributed by atoms with Crippen LogP contribution in [0.25, 0.3) is 0 Å². The summed E-state index contributed by atoms with van der Waals surface area (Å²) in [6, 6.07) is 12.8. The van der Waals surface area contributed by atoms with Gasteiger partial charge in [0, 0.05) is 5.56 Å². The summed E-state index contributed by atoms with van der Waals surface area (Å²) in [4.78, 5) is 11.6. The van der Waals surface area contributed by atoms with Gasteiger partial charge in [-0.1, -0.05) is 17.7 Å². The first kappa shape index (κ1) is 23.3. The summed E-state index contributed by atoms with van der Waals surface area (Å²) in [5.41, 5.74) is 1.55. The second kappa shape index (κ2) is 10.6. The Morgan fingerprint density at radius 1 is 1.04 bits per heavy atom. The van der Waals surface area contributed by atoms with Crippen molar-refractivity contribution in [3.63, 3.8) is 0 Å². The Balaban J connectivity index is 0.000000307. The van der Waals surface area contributed by atoms with Gasteiger partial charge in [-0.05, 0) is 43.3 Å². The molecule has 0 saturated heterocycles. The van der Waals surface area contributed by atoms with Gasteiger partial charge >= 0.3 is 5.90 Å². The van der Waals surface area contributed by atoms with Crippen LogP contribution >= 0.6 is 0 Å². The SMILES string of the molecule is COc1ccc(C(=O)COC(C)=[N+](C)C)cc1.Cc1ccc(S(=O)(=O)[O-])cc1. The largest absolute Gasteiger partial charge is 0.744 e. The zero-order valence-corrected chi connectivity index (χ0v) is 17.4. The Morgan fingerprint density at radius 3 is 2.00 bits per heavy atom. The molecule has 0 saturated carbocycles. The molecule has 0 bridgehead atoms. The summed E-state index contributed by atoms with van der Waals surface area (Å²) in [7, 11) is 1.06. The van der Waals surface area contributed by atoms with E-state index < -0.39 is 10.1 Å². The third-order valence-corrected chi connectivity index (χ3v) is 4.61. The number of benzene rings is 2. The van der Waals surface area contributed by atoms with Gasteiger partial charge in [0.2, 0.25) is 0 Å². The molecule has 0 unspecified atom stereocenters. The standard InChI is InChI=1S/C13H18NO3.C7H8O3S/c1-10(14(2)3)17-9-13(15)11-5-7-12(16-4)8-6-11;1-6-2-4-7(5-3-6)11(8,9)10/h5-8H,9H2,1-4H3;2-5H,1H3,(H,8,9,10)/q+1;/p-1. The molecule has 152 valence electrons. The van der Waals surface area contributed by atoms with E-state index in [-0.39, 0.29) is 17.3 Å². The molecule has 0 N–H and O–H groups in total. The maximum atomic E-state index is 11.8. The average Bonchev–Trinajstić information content (AvgIpc) is 2.66. The van der Waals surface area contributed by atoms with E-state index in [2.05, 4.69) is 0 Å². The minimum absolute atomic E-state index is 0.0474. The van der Waals surface area contributed by atoms with Crippen molar-refractivity contribution in [3.05, 3.63) is 59.7 Å². The highest BCUT2D eigenvalue weighted by Crippen LogP contribution is 2.12. The van der Waals surface area contributed by atoms with Crippen LogP contribution in [0.2, 0.25) is 0 Å². The molecule has 8 heteroatoms. The van der Waals surface area contributed by atoms with Crippen molar-refractivity contribution < 1.29 is 31.8 Å². The maximum absolute atomic E-state index is 11.8. The Labute approximate surface area is 166 Å². The van der Waals surface area contributed by atoms with Gasteiger partial charge in [-0.25, -0.2) is 13.0 Å². The van der Waals surface area contributed by atoms with Gasteiger partial charge in [0.05, 0.1) is 18.9 Å². The zero-order chi connectivity index (χ0) is 21.3. The van der Waals surface area contributed by atoms with Gasteiger partial charge in [0.15, 0.2) is 12.4 Å². The molecular weight excluding hydrogens is 382 g/mol. The lowest BCUT2D eigenvalue weighted by Crippen LogP contribution is -2.18. The van der Waals surface area contributed by atoms with E-state index in [1.807, 2.05) is 32.5 Å². The number of nitrogens with zero attached hydrogens (tertiary/aromatic N) is 1. The molecule has 2 aromatic rings. The highest BCUT2D eigenvalue weighted by Gasteiger charge is 2.09. The van der Waals surface area contributed by atoms with Crippen molar-refractivity contribution in [2.45, 2.75) is 18.7 Å². The van der Waals surface area contributed by atoms with Crippen LogP contribution in [0.15, 0.2) is 53.4 Å². The van der Waals surface area contributed by atoms with Crippen LogP contribution in [0.5, 0.6) is 5.75 Å². The normalized spacial score (nSPS) is 10.4. The highest BCUT2D eigenvalue weighted by molar-refractivity contribution is 7.85. The van der Waals surface area contributed by atoms with Crippen molar-refractivity contribution >= 4 is 21.8 Å². The molecule has 0 aliphatic rings. The molecule has 2 aromatic carbocycles. The molecule has 0 amide bonds. The number of carbonyl (C=O) groups excluding carboxylic acids is 1. The fourth-order valence-corrected chi connectivity index (χ4v) is 2.33. The number of aryl methyl sites for hydroxylation is 1. The molecule has 0 heterocycles. The number of hydrogen-bond donors (Lipinski definition) is 0. The van der Waals surface area contributed by atoms with E-state index in [0.717, 1.165) is 11.3 Å². The van der Waals surface area contributed by atoms with E-state index in [1.54, 1.807) is 43.5 Å². The molecule has 0 aliphatic heterocycles. The van der Waals surface area contributed by atoms with E-state index in [4.69, 9.17) is 9.47 Å². The van der Waals surface area contributed by atoms with Crippen LogP contribution in [0.4, 0.5) is 0 Å². The Kier molecular flexibility index (Phi) is 8.81. The molecule has 2 rings (SSSR count). The zero-order valence-electron chi connectivity index (χ0n) is 16.6. The number of ether oxygens (including phenoxy) is 2. The van der Waals surface area contributed by atoms with E-state index >= 15 is 0 Å². The number of hydrogen-bond acceptors (Lipinski definition) is 6. The Morgan fingerprint density at radius 2 is 1.57 bits per heavy atom. The lowest BCUT2D eigenvalue weighted by Gasteiger charge is -2.05. The van der Waals surface area contributed by atoms with Gasteiger partial charge in [0.1, 0.15) is 30.0 Å². The smallest absolute Gasteiger partial charge is 0.333 e. The molecule has 0 radical (unpaired) electrons. The molecule has 0 aromatic heterocycles. The minimum Gasteiger partial charge on any atom is -0.744 e. The Bertz CT molecular complexity index is 912. The van der Waals surface area contributed by atoms with Gasteiger partial charge < -0.3 is 14.0 Å². The average molecular weight is 407 g/mol. The van der Waals surface area contributed by atoms with Gasteiger partial charge in [-0.15, -0.1) is 0 Å². The molecule has 7 nitrogen and oxygen atoms in total. The monoisotopic (exact) mass is 407 g/mol. The quantitative estimate of drug-likeness (QED) is 0.248. The van der Waals surface area contributed by atoms with Gasteiger partial charge in [0.25, 0.3) is 0 Å². The lowest BCUT2D eigenvalue weighted by molar-refractivity contribution is -0.474. The van der Waals surface area contributed by atoms with Crippen LogP contribution in [0.3, 0.4) is 0 Å². The van der Waals surface area contributed by atoms with Crippen LogP contribution in [0, 0.1) is 6.92 Å². The van der Waals surface area contributed by atoms with Crippen molar-refractivity contribution in [3.8, 4) is 5.75 Å². The van der Waals surface area contributed by atoms with E-state index in [9.17, 15) is 17.8 Å². The van der Waals surface area contributed by atoms with Crippen molar-refractivity contribution in [2.75, 3.05) is 27.8 Å². The fourth-order valence-electron chi connectivity index (χ4n) is 1.86. The van der Waals surface area contributed by atoms with E-state index in [0.29, 0.717) is 11.5 Å². The third kappa shape index (κ3) is 7.89. The molecule has 0 spiro atoms. The first-order valence-electron chi connectivity index (χ1n) is 8.38. The van der Waals surface area contributed by atoms with Crippen LogP contribution < -0.4 is 4.74 Å². The predicted molar refractivity (Wildman–Crippen MR) is 105 cm³/mol. The fraction of sp³-hybridized carbons (Fsp3) is 0.300. The highest BCUT2D eigenvalue weighted by atomic mass is 32.2. The maximum Gasteiger partial charge on any atom is 0.333 e. The van der Waals surface area contributed by atoms with Crippen molar-refractivity contribution in [1.29, 1.82) is 0 Å². The van der Waals surface area contributed by atoms with Gasteiger partial charge in [-0.2, -0.15) is 0 Å². The summed E-state index contributed by atoms with van der Waals surface area (Å²) >= 11 is 0. The molecule has 0 aliphatic carbocycles. The number of carbonyl (C=O) groups is 1. The summed E-state index contributed by atoms with van der Waals surface area (Å²) in [5, 5.41) is 0. The van der Waals surface area contributed by atoms with Crippen LogP contribution in [-0.4, -0.2) is 57.0 Å². The van der Waals surface area contributed by atoms with Gasteiger partial charge in [-0.3, -0.25) is 4.79 Å². The van der Waals surface area contributed by atoms with Crippen LogP contribution in [0.1, 0.15) is 22.8 Å². The Hall–Kier alpha value is -2.71. The first-order chi connectivity index (χ1) is 13.0. The van der Waals surface area contributed by atoms with Crippen LogP contribution in [-0.2, 0) is 14.9 Å². The summed E-state index contributed by atoms with van der Waals surface area (Å²) < 4.78 is 43.3. The number of rotatable bonds is 5. The summed E-state index contributed by atoms with van der Waals surface area (Å²) in [6.45, 7) is 3.69. The molecule has 0 fully saturated rings. The molecule has 0 atom stereocenters. The summed E-state index contributed by atoms with van der Waals surface area (Å²) in [5.74, 6) is 1.40. The minimum atomic E-state index is -4.27. The third-order valence-electron chi connectivity index (χ3n) is 3.76. The first-order valence-corrected chi connectivity index (χ1v) is 9.79. The second-order valence-corrected chi connectivity index (χ2v) is 7.50. The lowest BCUT2D eigenvalue weighted by atomic mass is 10.1. The van der Waals surface area contributed by atoms with E-state index in [1.165, 1.54) is 12.1 Å². The number of methoxy groups -OCH3 is 1. The molecule has 28 heavy (non-hydrogen) atoms. The predicted octanol–water partition coefficient (Wildman–Crippen LogP) is 2.48. The summed E-state index contributed by atoms with van der Waals surface area (Å²) in [6.07, 6.45) is 0. The molecular formula is C20H25NO6S.